The molecule has 0 spiro atoms. The number of hydrogen-bond acceptors (Lipinski definition) is 4. The Bertz CT molecular complexity index is 871. The summed E-state index contributed by atoms with van der Waals surface area (Å²) in [5, 5.41) is 9.33. The minimum atomic E-state index is -1.24. The smallest absolute Gasteiger partial charge is 0.327 e. The number of benzene rings is 2. The van der Waals surface area contributed by atoms with Crippen LogP contribution in [0, 0.1) is 11.8 Å². The number of hydrogen-bond donors (Lipinski definition) is 2. The van der Waals surface area contributed by atoms with Gasteiger partial charge in [-0.15, -0.1) is 0 Å². The fraction of sp³-hybridized carbons (Fsp3) is 0.391. The molecule has 2 aromatic rings. The van der Waals surface area contributed by atoms with Crippen molar-refractivity contribution < 1.29 is 19.4 Å². The lowest BCUT2D eigenvalue weighted by Gasteiger charge is -2.43. The lowest BCUT2D eigenvalue weighted by atomic mass is 9.64. The number of fused-ring (bicyclic) bond motifs is 3. The Labute approximate surface area is 164 Å². The SMILES string of the molecule is COC(=O)C(N)(C1c2ccccc2-c2ccccc21)[C@H]1CC[C@H](C(=O)O)CC1. The number of methoxy groups -OCH3 is 1. The van der Waals surface area contributed by atoms with Crippen molar-refractivity contribution in [2.24, 2.45) is 17.6 Å². The minimum absolute atomic E-state index is 0.139. The number of esters is 1. The molecule has 0 aromatic heterocycles. The molecule has 1 atom stereocenters. The first kappa shape index (κ1) is 18.7. The van der Waals surface area contributed by atoms with E-state index >= 15 is 0 Å². The van der Waals surface area contributed by atoms with Crippen LogP contribution in [0.15, 0.2) is 48.5 Å². The van der Waals surface area contributed by atoms with E-state index in [1.54, 1.807) is 0 Å². The lowest BCUT2D eigenvalue weighted by Crippen LogP contribution is -2.59. The first-order valence-electron chi connectivity index (χ1n) is 9.76. The normalized spacial score (nSPS) is 23.4. The van der Waals surface area contributed by atoms with Crippen molar-refractivity contribution in [3.63, 3.8) is 0 Å². The van der Waals surface area contributed by atoms with E-state index in [0.29, 0.717) is 25.7 Å². The largest absolute Gasteiger partial charge is 0.481 e. The number of carboxylic acid groups (broad SMARTS) is 1. The van der Waals surface area contributed by atoms with Crippen LogP contribution in [0.5, 0.6) is 0 Å². The first-order valence-corrected chi connectivity index (χ1v) is 9.76. The van der Waals surface area contributed by atoms with Crippen LogP contribution in [-0.4, -0.2) is 29.7 Å². The molecule has 0 amide bonds. The zero-order chi connectivity index (χ0) is 19.9. The average molecular weight is 379 g/mol. The Kier molecular flexibility index (Phi) is 4.71. The topological polar surface area (TPSA) is 89.6 Å². The van der Waals surface area contributed by atoms with Gasteiger partial charge in [-0.3, -0.25) is 9.59 Å². The quantitative estimate of drug-likeness (QED) is 0.793. The van der Waals surface area contributed by atoms with Gasteiger partial charge in [-0.25, -0.2) is 0 Å². The van der Waals surface area contributed by atoms with Crippen LogP contribution >= 0.6 is 0 Å². The number of carbonyl (C=O) groups excluding carboxylic acids is 1. The van der Waals surface area contributed by atoms with Gasteiger partial charge in [0.1, 0.15) is 5.54 Å². The number of carboxylic acids is 1. The van der Waals surface area contributed by atoms with Gasteiger partial charge in [-0.2, -0.15) is 0 Å². The van der Waals surface area contributed by atoms with E-state index in [1.165, 1.54) is 7.11 Å². The Morgan fingerprint density at radius 3 is 1.93 bits per heavy atom. The van der Waals surface area contributed by atoms with Gasteiger partial charge in [0.15, 0.2) is 0 Å². The second kappa shape index (κ2) is 7.06. The number of ether oxygens (including phenoxy) is 1. The second-order valence-corrected chi connectivity index (χ2v) is 7.92. The molecule has 0 bridgehead atoms. The van der Waals surface area contributed by atoms with Crippen LogP contribution in [0.25, 0.3) is 11.1 Å². The fourth-order valence-corrected chi connectivity index (χ4v) is 5.19. The number of carbonyl (C=O) groups is 2. The molecule has 1 saturated carbocycles. The number of aliphatic carboxylic acids is 1. The highest BCUT2D eigenvalue weighted by atomic mass is 16.5. The Morgan fingerprint density at radius 2 is 1.46 bits per heavy atom. The maximum atomic E-state index is 13.1. The molecule has 3 N–H and O–H groups in total. The highest BCUT2D eigenvalue weighted by Crippen LogP contribution is 2.53. The summed E-state index contributed by atoms with van der Waals surface area (Å²) >= 11 is 0. The highest BCUT2D eigenvalue weighted by Gasteiger charge is 2.54. The summed E-state index contributed by atoms with van der Waals surface area (Å²) in [6.45, 7) is 0. The number of nitrogens with two attached hydrogens (primary N) is 1. The van der Waals surface area contributed by atoms with Gasteiger partial charge >= 0.3 is 11.9 Å². The van der Waals surface area contributed by atoms with E-state index in [2.05, 4.69) is 12.1 Å². The summed E-state index contributed by atoms with van der Waals surface area (Å²) in [4.78, 5) is 24.5. The molecule has 0 heterocycles. The molecule has 146 valence electrons. The third kappa shape index (κ3) is 2.73. The molecular formula is C23H25NO4. The van der Waals surface area contributed by atoms with Crippen LogP contribution in [0.3, 0.4) is 0 Å². The molecule has 2 aliphatic rings. The van der Waals surface area contributed by atoms with Crippen molar-refractivity contribution in [1.29, 1.82) is 0 Å². The standard InChI is InChI=1S/C23H25NO4/c1-28-22(27)23(24,15-12-10-14(11-13-15)21(25)26)20-18-8-4-2-6-16(18)17-7-3-5-9-19(17)20/h2-9,14-15,20H,10-13,24H2,1H3,(H,25,26)/t14-,15-,23?. The van der Waals surface area contributed by atoms with Crippen LogP contribution in [0.1, 0.15) is 42.7 Å². The van der Waals surface area contributed by atoms with E-state index in [-0.39, 0.29) is 17.8 Å². The van der Waals surface area contributed by atoms with Crippen LogP contribution < -0.4 is 5.73 Å². The van der Waals surface area contributed by atoms with Crippen molar-refractivity contribution in [2.45, 2.75) is 37.1 Å². The predicted molar refractivity (Wildman–Crippen MR) is 106 cm³/mol. The van der Waals surface area contributed by atoms with E-state index in [1.807, 2.05) is 36.4 Å². The van der Waals surface area contributed by atoms with Gasteiger partial charge in [-0.05, 0) is 53.9 Å². The maximum Gasteiger partial charge on any atom is 0.327 e. The molecule has 4 rings (SSSR count). The minimum Gasteiger partial charge on any atom is -0.481 e. The van der Waals surface area contributed by atoms with Gasteiger partial charge in [0.2, 0.25) is 0 Å². The molecule has 0 saturated heterocycles. The molecule has 2 aliphatic carbocycles. The van der Waals surface area contributed by atoms with E-state index in [9.17, 15) is 14.7 Å². The van der Waals surface area contributed by atoms with Gasteiger partial charge in [0, 0.05) is 5.92 Å². The first-order chi connectivity index (χ1) is 13.5. The van der Waals surface area contributed by atoms with Crippen molar-refractivity contribution in [1.82, 2.24) is 0 Å². The van der Waals surface area contributed by atoms with Crippen molar-refractivity contribution in [2.75, 3.05) is 7.11 Å². The third-order valence-electron chi connectivity index (χ3n) is 6.60. The maximum absolute atomic E-state index is 13.1. The molecular weight excluding hydrogens is 354 g/mol. The Balaban J connectivity index is 1.81. The summed E-state index contributed by atoms with van der Waals surface area (Å²) in [7, 11) is 1.37. The molecule has 1 unspecified atom stereocenters. The predicted octanol–water partition coefficient (Wildman–Crippen LogP) is 3.56. The molecule has 0 aliphatic heterocycles. The third-order valence-corrected chi connectivity index (χ3v) is 6.60. The molecule has 28 heavy (non-hydrogen) atoms. The lowest BCUT2D eigenvalue weighted by molar-refractivity contribution is -0.151. The van der Waals surface area contributed by atoms with Crippen molar-refractivity contribution in [3.8, 4) is 11.1 Å². The van der Waals surface area contributed by atoms with E-state index < -0.39 is 17.5 Å². The average Bonchev–Trinajstić information content (AvgIpc) is 3.07. The summed E-state index contributed by atoms with van der Waals surface area (Å²) in [6.07, 6.45) is 2.27. The molecule has 2 aromatic carbocycles. The summed E-state index contributed by atoms with van der Waals surface area (Å²) in [5.74, 6) is -2.00. The van der Waals surface area contributed by atoms with Crippen molar-refractivity contribution in [3.05, 3.63) is 59.7 Å². The highest BCUT2D eigenvalue weighted by molar-refractivity contribution is 5.89. The molecule has 5 heteroatoms. The molecule has 0 radical (unpaired) electrons. The van der Waals surface area contributed by atoms with Gasteiger partial charge in [-0.1, -0.05) is 48.5 Å². The number of rotatable bonds is 4. The van der Waals surface area contributed by atoms with Crippen LogP contribution in [-0.2, 0) is 14.3 Å². The Hall–Kier alpha value is -2.66. The Morgan fingerprint density at radius 1 is 0.964 bits per heavy atom. The fourth-order valence-electron chi connectivity index (χ4n) is 5.19. The van der Waals surface area contributed by atoms with Crippen LogP contribution in [0.2, 0.25) is 0 Å². The molecule has 1 fully saturated rings. The zero-order valence-electron chi connectivity index (χ0n) is 15.9. The summed E-state index contributed by atoms with van der Waals surface area (Å²) < 4.78 is 5.21. The van der Waals surface area contributed by atoms with E-state index in [0.717, 1.165) is 22.3 Å². The van der Waals surface area contributed by atoms with E-state index in [4.69, 9.17) is 10.5 Å². The summed E-state index contributed by atoms with van der Waals surface area (Å²) in [6, 6.07) is 16.1. The zero-order valence-corrected chi connectivity index (χ0v) is 15.9. The van der Waals surface area contributed by atoms with Crippen LogP contribution in [0.4, 0.5) is 0 Å². The monoisotopic (exact) mass is 379 g/mol. The molecule has 5 nitrogen and oxygen atoms in total. The van der Waals surface area contributed by atoms with Crippen molar-refractivity contribution >= 4 is 11.9 Å². The van der Waals surface area contributed by atoms with Gasteiger partial charge in [0.25, 0.3) is 0 Å². The summed E-state index contributed by atoms with van der Waals surface area (Å²) in [5.41, 5.74) is 10.0. The van der Waals surface area contributed by atoms with Gasteiger partial charge in [0.05, 0.1) is 13.0 Å². The second-order valence-electron chi connectivity index (χ2n) is 7.92. The van der Waals surface area contributed by atoms with Gasteiger partial charge < -0.3 is 15.6 Å².